The van der Waals surface area contributed by atoms with E-state index in [1.807, 2.05) is 13.8 Å². The van der Waals surface area contributed by atoms with Gasteiger partial charge in [-0.15, -0.1) is 0 Å². The maximum absolute atomic E-state index is 5.84. The maximum atomic E-state index is 5.84. The van der Waals surface area contributed by atoms with Crippen molar-refractivity contribution >= 4 is 52.1 Å². The Hall–Kier alpha value is 0.650. The average molecular weight is 346 g/mol. The van der Waals surface area contributed by atoms with Crippen LogP contribution < -0.4 is 0 Å². The van der Waals surface area contributed by atoms with Gasteiger partial charge in [0, 0.05) is 5.75 Å². The first-order chi connectivity index (χ1) is 8.49. The number of nitrogens with zero attached hydrogens (tertiary/aromatic N) is 1. The van der Waals surface area contributed by atoms with E-state index in [0.29, 0.717) is 29.3 Å². The molecule has 18 heavy (non-hydrogen) atoms. The zero-order chi connectivity index (χ0) is 13.6. The van der Waals surface area contributed by atoms with Crippen LogP contribution in [0.4, 0.5) is 0 Å². The zero-order valence-corrected chi connectivity index (χ0v) is 14.1. The summed E-state index contributed by atoms with van der Waals surface area (Å²) in [5, 5.41) is 0.749. The molecule has 0 amide bonds. The molecule has 1 aromatic heterocycles. The smallest absolute Gasteiger partial charge is 0.247 e. The highest BCUT2D eigenvalue weighted by Gasteiger charge is 2.19. The number of halogens is 2. The first kappa shape index (κ1) is 16.7. The van der Waals surface area contributed by atoms with Crippen molar-refractivity contribution < 1.29 is 9.05 Å². The quantitative estimate of drug-likeness (QED) is 0.517. The number of hydrogen-bond acceptors (Lipinski definition) is 5. The van der Waals surface area contributed by atoms with Crippen LogP contribution in [0.1, 0.15) is 19.4 Å². The molecule has 0 saturated heterocycles. The zero-order valence-electron chi connectivity index (χ0n) is 10.1. The van der Waals surface area contributed by atoms with E-state index in [4.69, 9.17) is 44.1 Å². The summed E-state index contributed by atoms with van der Waals surface area (Å²) in [5.41, 5.74) is -1.31. The second kappa shape index (κ2) is 8.05. The molecule has 0 fully saturated rings. The van der Waals surface area contributed by atoms with Crippen LogP contribution in [-0.2, 0) is 26.6 Å². The van der Waals surface area contributed by atoms with Gasteiger partial charge in [0.15, 0.2) is 0 Å². The third-order valence-electron chi connectivity index (χ3n) is 1.79. The summed E-state index contributed by atoms with van der Waals surface area (Å²) in [5.74, 6) is 0.638. The molecule has 0 N–H and O–H groups in total. The van der Waals surface area contributed by atoms with Gasteiger partial charge in [0.05, 0.1) is 13.2 Å². The van der Waals surface area contributed by atoms with Crippen LogP contribution in [0, 0.1) is 0 Å². The van der Waals surface area contributed by atoms with Crippen molar-refractivity contribution in [1.82, 2.24) is 4.98 Å². The van der Waals surface area contributed by atoms with Crippen molar-refractivity contribution in [2.75, 3.05) is 13.2 Å². The standard InChI is InChI=1S/C10H14Cl2NO2PS2/c1-3-14-16(17,15-4-2)18-7-8-5-9(11)13-10(12)6-8/h5-6H,3-4,7H2,1-2H3. The second-order valence-electron chi connectivity index (χ2n) is 3.18. The minimum Gasteiger partial charge on any atom is -0.322 e. The first-order valence-corrected chi connectivity index (χ1v) is 10.3. The second-order valence-corrected chi connectivity index (χ2v) is 10.3. The van der Waals surface area contributed by atoms with Gasteiger partial charge in [0.25, 0.3) is 0 Å². The predicted molar refractivity (Wildman–Crippen MR) is 83.1 cm³/mol. The third kappa shape index (κ3) is 5.74. The van der Waals surface area contributed by atoms with E-state index in [1.165, 1.54) is 11.4 Å². The van der Waals surface area contributed by atoms with Gasteiger partial charge in [-0.3, -0.25) is 0 Å². The molecule has 0 aliphatic rings. The molecule has 1 aromatic rings. The Labute approximate surface area is 126 Å². The Morgan fingerprint density at radius 3 is 2.17 bits per heavy atom. The van der Waals surface area contributed by atoms with Crippen LogP contribution in [-0.4, -0.2) is 18.2 Å². The van der Waals surface area contributed by atoms with Crippen molar-refractivity contribution in [1.29, 1.82) is 0 Å². The van der Waals surface area contributed by atoms with E-state index in [0.717, 1.165) is 5.56 Å². The Morgan fingerprint density at radius 1 is 1.22 bits per heavy atom. The van der Waals surface area contributed by atoms with Gasteiger partial charge in [-0.1, -0.05) is 34.6 Å². The molecule has 0 aliphatic heterocycles. The van der Waals surface area contributed by atoms with Crippen LogP contribution in [0.5, 0.6) is 0 Å². The minimum absolute atomic E-state index is 0.374. The first-order valence-electron chi connectivity index (χ1n) is 5.34. The molecule has 8 heteroatoms. The molecule has 102 valence electrons. The molecule has 3 nitrogen and oxygen atoms in total. The maximum Gasteiger partial charge on any atom is 0.247 e. The lowest BCUT2D eigenvalue weighted by molar-refractivity contribution is 0.280. The molecule has 0 radical (unpaired) electrons. The third-order valence-corrected chi connectivity index (χ3v) is 7.65. The number of aromatic nitrogens is 1. The van der Waals surface area contributed by atoms with Crippen molar-refractivity contribution in [3.8, 4) is 0 Å². The lowest BCUT2D eigenvalue weighted by Crippen LogP contribution is -1.93. The fourth-order valence-electron chi connectivity index (χ4n) is 1.18. The molecular weight excluding hydrogens is 332 g/mol. The van der Waals surface area contributed by atoms with Crippen LogP contribution in [0.25, 0.3) is 0 Å². The molecule has 0 saturated carbocycles. The number of hydrogen-bond donors (Lipinski definition) is 0. The van der Waals surface area contributed by atoms with Crippen LogP contribution in [0.15, 0.2) is 12.1 Å². The molecule has 0 aromatic carbocycles. The number of rotatable bonds is 7. The summed E-state index contributed by atoms with van der Waals surface area (Å²) in [6, 6.07) is 3.52. The van der Waals surface area contributed by atoms with Crippen molar-refractivity contribution in [3.63, 3.8) is 0 Å². The summed E-state index contributed by atoms with van der Waals surface area (Å²) >= 11 is 18.6. The van der Waals surface area contributed by atoms with Gasteiger partial charge in [-0.2, -0.15) is 0 Å². The highest BCUT2D eigenvalue weighted by atomic mass is 35.5. The van der Waals surface area contributed by atoms with Crippen molar-refractivity contribution in [2.45, 2.75) is 19.6 Å². The van der Waals surface area contributed by atoms with Gasteiger partial charge in [0.2, 0.25) is 5.69 Å². The minimum atomic E-state index is -2.27. The van der Waals surface area contributed by atoms with E-state index in [1.54, 1.807) is 12.1 Å². The Bertz CT molecular complexity index is 418. The van der Waals surface area contributed by atoms with E-state index < -0.39 is 5.69 Å². The fraction of sp³-hybridized carbons (Fsp3) is 0.500. The van der Waals surface area contributed by atoms with E-state index in [9.17, 15) is 0 Å². The molecule has 0 atom stereocenters. The Kier molecular flexibility index (Phi) is 7.47. The summed E-state index contributed by atoms with van der Waals surface area (Å²) in [6.07, 6.45) is 0. The van der Waals surface area contributed by atoms with Gasteiger partial charge >= 0.3 is 0 Å². The predicted octanol–water partition coefficient (Wildman–Crippen LogP) is 4.92. The largest absolute Gasteiger partial charge is 0.322 e. The summed E-state index contributed by atoms with van der Waals surface area (Å²) in [7, 11) is 0. The molecule has 0 bridgehead atoms. The van der Waals surface area contributed by atoms with Gasteiger partial charge in [-0.25, -0.2) is 4.98 Å². The number of pyridine rings is 1. The van der Waals surface area contributed by atoms with E-state index >= 15 is 0 Å². The Morgan fingerprint density at radius 2 is 1.72 bits per heavy atom. The monoisotopic (exact) mass is 345 g/mol. The van der Waals surface area contributed by atoms with Crippen molar-refractivity contribution in [2.24, 2.45) is 0 Å². The topological polar surface area (TPSA) is 31.4 Å². The summed E-state index contributed by atoms with van der Waals surface area (Å²) in [4.78, 5) is 3.89. The summed E-state index contributed by atoms with van der Waals surface area (Å²) in [6.45, 7) is 4.89. The summed E-state index contributed by atoms with van der Waals surface area (Å²) < 4.78 is 11.1. The normalized spacial score (nSPS) is 11.8. The lowest BCUT2D eigenvalue weighted by Gasteiger charge is -2.19. The fourth-order valence-corrected chi connectivity index (χ4v) is 6.12. The molecular formula is C10H14Cl2NO2PS2. The van der Waals surface area contributed by atoms with Crippen molar-refractivity contribution in [3.05, 3.63) is 28.0 Å². The van der Waals surface area contributed by atoms with Crippen LogP contribution in [0.2, 0.25) is 10.3 Å². The SMILES string of the molecule is CCOP(=S)(OCC)SCc1cc(Cl)nc(Cl)c1. The lowest BCUT2D eigenvalue weighted by atomic mass is 10.3. The van der Waals surface area contributed by atoms with E-state index in [-0.39, 0.29) is 0 Å². The highest BCUT2D eigenvalue weighted by molar-refractivity contribution is 8.67. The molecule has 0 spiro atoms. The average Bonchev–Trinajstić information content (AvgIpc) is 2.26. The van der Waals surface area contributed by atoms with Gasteiger partial charge in [-0.05, 0) is 43.4 Å². The molecule has 1 heterocycles. The highest BCUT2D eigenvalue weighted by Crippen LogP contribution is 2.61. The Balaban J connectivity index is 2.69. The van der Waals surface area contributed by atoms with Crippen LogP contribution >= 0.6 is 40.3 Å². The van der Waals surface area contributed by atoms with Gasteiger partial charge in [0.1, 0.15) is 10.3 Å². The van der Waals surface area contributed by atoms with Gasteiger partial charge < -0.3 is 9.05 Å². The molecule has 0 unspecified atom stereocenters. The molecule has 0 aliphatic carbocycles. The van der Waals surface area contributed by atoms with Crippen LogP contribution in [0.3, 0.4) is 0 Å². The molecule has 1 rings (SSSR count). The van der Waals surface area contributed by atoms with E-state index in [2.05, 4.69) is 4.98 Å².